The highest BCUT2D eigenvalue weighted by Gasteiger charge is 2.20. The number of fused-ring (bicyclic) bond motifs is 2. The molecule has 0 bridgehead atoms. The van der Waals surface area contributed by atoms with Crippen LogP contribution in [0.2, 0.25) is 0 Å². The van der Waals surface area contributed by atoms with E-state index in [1.807, 2.05) is 24.3 Å². The van der Waals surface area contributed by atoms with E-state index in [1.165, 1.54) is 12.1 Å². The van der Waals surface area contributed by atoms with Crippen LogP contribution in [0.15, 0.2) is 54.6 Å². The predicted molar refractivity (Wildman–Crippen MR) is 119 cm³/mol. The molecule has 0 amide bonds. The van der Waals surface area contributed by atoms with Gasteiger partial charge in [-0.15, -0.1) is 0 Å². The Bertz CT molecular complexity index is 1400. The maximum absolute atomic E-state index is 13.8. The molecular formula is C24H21FN6. The summed E-state index contributed by atoms with van der Waals surface area (Å²) in [5.74, 6) is 0.849. The number of pyridine rings is 1. The normalized spacial score (nSPS) is 15.1. The third-order valence-electron chi connectivity index (χ3n) is 6.06. The lowest BCUT2D eigenvalue weighted by atomic mass is 9.94. The minimum Gasteiger partial charge on any atom is -0.336 e. The van der Waals surface area contributed by atoms with Gasteiger partial charge in [-0.05, 0) is 61.8 Å². The van der Waals surface area contributed by atoms with E-state index < -0.39 is 0 Å². The van der Waals surface area contributed by atoms with Crippen molar-refractivity contribution < 1.29 is 4.39 Å². The molecule has 4 heterocycles. The molecule has 6 rings (SSSR count). The van der Waals surface area contributed by atoms with Crippen LogP contribution >= 0.6 is 0 Å². The summed E-state index contributed by atoms with van der Waals surface area (Å²) in [6, 6.07) is 16.6. The van der Waals surface area contributed by atoms with Gasteiger partial charge in [0.2, 0.25) is 0 Å². The van der Waals surface area contributed by atoms with Gasteiger partial charge in [0.15, 0.2) is 11.5 Å². The number of rotatable bonds is 3. The Kier molecular flexibility index (Phi) is 4.28. The largest absolute Gasteiger partial charge is 0.336 e. The second kappa shape index (κ2) is 7.28. The van der Waals surface area contributed by atoms with Crippen LogP contribution < -0.4 is 5.32 Å². The van der Waals surface area contributed by atoms with Crippen LogP contribution in [0.4, 0.5) is 4.39 Å². The fourth-order valence-corrected chi connectivity index (χ4v) is 4.46. The zero-order valence-electron chi connectivity index (χ0n) is 16.8. The number of aromatic amines is 2. The number of halogens is 1. The van der Waals surface area contributed by atoms with Gasteiger partial charge in [0.25, 0.3) is 0 Å². The minimum atomic E-state index is -0.266. The first-order chi connectivity index (χ1) is 15.3. The summed E-state index contributed by atoms with van der Waals surface area (Å²) in [7, 11) is 0. The molecule has 6 nitrogen and oxygen atoms in total. The Hall–Kier alpha value is -3.58. The third kappa shape index (κ3) is 3.18. The summed E-state index contributed by atoms with van der Waals surface area (Å²) in [4.78, 5) is 13.2. The van der Waals surface area contributed by atoms with Crippen molar-refractivity contribution in [1.29, 1.82) is 0 Å². The summed E-state index contributed by atoms with van der Waals surface area (Å²) >= 11 is 0. The van der Waals surface area contributed by atoms with Crippen molar-refractivity contribution in [2.45, 2.75) is 18.8 Å². The summed E-state index contributed by atoms with van der Waals surface area (Å²) in [6.07, 6.45) is 2.18. The number of benzene rings is 2. The van der Waals surface area contributed by atoms with Crippen LogP contribution in [0.5, 0.6) is 0 Å². The van der Waals surface area contributed by atoms with E-state index in [-0.39, 0.29) is 5.82 Å². The summed E-state index contributed by atoms with van der Waals surface area (Å²) in [6.45, 7) is 2.05. The zero-order chi connectivity index (χ0) is 20.8. The van der Waals surface area contributed by atoms with Crippen molar-refractivity contribution in [1.82, 2.24) is 30.5 Å². The second-order valence-electron chi connectivity index (χ2n) is 8.03. The number of hydrogen-bond acceptors (Lipinski definition) is 4. The van der Waals surface area contributed by atoms with Crippen LogP contribution in [-0.4, -0.2) is 38.2 Å². The van der Waals surface area contributed by atoms with Crippen molar-refractivity contribution in [2.24, 2.45) is 0 Å². The maximum atomic E-state index is 13.8. The van der Waals surface area contributed by atoms with Crippen LogP contribution in [0.25, 0.3) is 44.7 Å². The fraction of sp³-hybridized carbons (Fsp3) is 0.208. The van der Waals surface area contributed by atoms with Gasteiger partial charge in [-0.25, -0.2) is 14.4 Å². The molecule has 0 spiro atoms. The van der Waals surface area contributed by atoms with E-state index in [9.17, 15) is 4.39 Å². The molecule has 1 aliphatic rings. The van der Waals surface area contributed by atoms with Crippen LogP contribution in [0.3, 0.4) is 0 Å². The molecular weight excluding hydrogens is 391 g/mol. The molecule has 5 aromatic rings. The highest BCUT2D eigenvalue weighted by Crippen LogP contribution is 2.32. The quantitative estimate of drug-likeness (QED) is 0.399. The van der Waals surface area contributed by atoms with Crippen LogP contribution in [0, 0.1) is 5.82 Å². The first-order valence-electron chi connectivity index (χ1n) is 10.6. The SMILES string of the molecule is Fc1cccc(-c2cccc3[nH]c(-c4n[nH]c5ccc(C6CCNCC6)nc45)nc23)c1. The van der Waals surface area contributed by atoms with Gasteiger partial charge in [-0.2, -0.15) is 5.10 Å². The number of piperidine rings is 1. The second-order valence-corrected chi connectivity index (χ2v) is 8.03. The molecule has 31 heavy (non-hydrogen) atoms. The van der Waals surface area contributed by atoms with Crippen molar-refractivity contribution in [2.75, 3.05) is 13.1 Å². The number of aromatic nitrogens is 5. The number of nitrogens with zero attached hydrogens (tertiary/aromatic N) is 3. The van der Waals surface area contributed by atoms with Crippen molar-refractivity contribution >= 4 is 22.1 Å². The van der Waals surface area contributed by atoms with E-state index in [0.717, 1.165) is 64.8 Å². The van der Waals surface area contributed by atoms with Gasteiger partial charge in [-0.3, -0.25) is 5.10 Å². The van der Waals surface area contributed by atoms with Gasteiger partial charge in [0.05, 0.1) is 16.6 Å². The lowest BCUT2D eigenvalue weighted by molar-refractivity contribution is 0.454. The van der Waals surface area contributed by atoms with Crippen molar-refractivity contribution in [3.63, 3.8) is 0 Å². The predicted octanol–water partition coefficient (Wildman–Crippen LogP) is 4.77. The van der Waals surface area contributed by atoms with E-state index in [1.54, 1.807) is 6.07 Å². The Morgan fingerprint density at radius 3 is 2.61 bits per heavy atom. The molecule has 2 aromatic carbocycles. The van der Waals surface area contributed by atoms with E-state index in [2.05, 4.69) is 32.6 Å². The number of hydrogen-bond donors (Lipinski definition) is 3. The molecule has 7 heteroatoms. The lowest BCUT2D eigenvalue weighted by Crippen LogP contribution is -2.27. The molecule has 3 aromatic heterocycles. The lowest BCUT2D eigenvalue weighted by Gasteiger charge is -2.22. The van der Waals surface area contributed by atoms with Gasteiger partial charge >= 0.3 is 0 Å². The first kappa shape index (κ1) is 18.2. The monoisotopic (exact) mass is 412 g/mol. The Balaban J connectivity index is 1.47. The minimum absolute atomic E-state index is 0.266. The average Bonchev–Trinajstić information content (AvgIpc) is 3.43. The standard InChI is InChI=1S/C24H21FN6/c25-16-4-1-3-15(13-16)17-5-2-6-19-21(17)29-24(28-19)23-22-20(30-31-23)8-7-18(27-22)14-9-11-26-12-10-14/h1-8,13-14,26H,9-12H2,(H,28,29)(H,30,31). The molecule has 0 atom stereocenters. The molecule has 1 fully saturated rings. The highest BCUT2D eigenvalue weighted by molar-refractivity contribution is 5.96. The molecule has 0 radical (unpaired) electrons. The highest BCUT2D eigenvalue weighted by atomic mass is 19.1. The van der Waals surface area contributed by atoms with Crippen LogP contribution in [-0.2, 0) is 0 Å². The molecule has 0 aliphatic carbocycles. The Morgan fingerprint density at radius 2 is 1.74 bits per heavy atom. The summed E-state index contributed by atoms with van der Waals surface area (Å²) < 4.78 is 13.8. The zero-order valence-corrected chi connectivity index (χ0v) is 16.8. The molecule has 1 aliphatic heterocycles. The van der Waals surface area contributed by atoms with Crippen LogP contribution in [0.1, 0.15) is 24.5 Å². The molecule has 1 saturated heterocycles. The fourth-order valence-electron chi connectivity index (χ4n) is 4.46. The topological polar surface area (TPSA) is 82.3 Å². The van der Waals surface area contributed by atoms with E-state index in [4.69, 9.17) is 9.97 Å². The summed E-state index contributed by atoms with van der Waals surface area (Å²) in [5, 5.41) is 11.0. The first-order valence-corrected chi connectivity index (χ1v) is 10.6. The smallest absolute Gasteiger partial charge is 0.161 e. The summed E-state index contributed by atoms with van der Waals surface area (Å²) in [5.41, 5.74) is 6.85. The van der Waals surface area contributed by atoms with E-state index in [0.29, 0.717) is 17.4 Å². The number of imidazole rings is 1. The van der Waals surface area contributed by atoms with Crippen molar-refractivity contribution in [3.05, 3.63) is 66.1 Å². The Morgan fingerprint density at radius 1 is 0.871 bits per heavy atom. The Labute approximate surface area is 177 Å². The maximum Gasteiger partial charge on any atom is 0.161 e. The van der Waals surface area contributed by atoms with Gasteiger partial charge in [0, 0.05) is 17.2 Å². The number of H-pyrrole nitrogens is 2. The number of nitrogens with one attached hydrogen (secondary N) is 3. The third-order valence-corrected chi connectivity index (χ3v) is 6.06. The van der Waals surface area contributed by atoms with Gasteiger partial charge in [0.1, 0.15) is 11.3 Å². The van der Waals surface area contributed by atoms with Gasteiger partial charge < -0.3 is 10.3 Å². The van der Waals surface area contributed by atoms with Gasteiger partial charge in [-0.1, -0.05) is 24.3 Å². The molecule has 3 N–H and O–H groups in total. The van der Waals surface area contributed by atoms with E-state index >= 15 is 0 Å². The number of para-hydroxylation sites is 1. The molecule has 0 saturated carbocycles. The molecule has 0 unspecified atom stereocenters. The average molecular weight is 412 g/mol. The molecule has 154 valence electrons. The van der Waals surface area contributed by atoms with Crippen molar-refractivity contribution in [3.8, 4) is 22.6 Å².